The molecule has 2 nitrogen and oxygen atoms in total. The summed E-state index contributed by atoms with van der Waals surface area (Å²) in [7, 11) is 0. The topological polar surface area (TPSA) is 30.0 Å². The lowest BCUT2D eigenvalue weighted by Crippen LogP contribution is -2.10. The summed E-state index contributed by atoms with van der Waals surface area (Å²) < 4.78 is 0. The van der Waals surface area contributed by atoms with E-state index in [4.69, 9.17) is 0 Å². The Morgan fingerprint density at radius 3 is 2.53 bits per heavy atom. The number of hydrogen-bond acceptors (Lipinski definition) is 2. The van der Waals surface area contributed by atoms with Crippen LogP contribution in [-0.4, -0.2) is 10.8 Å². The Morgan fingerprint density at radius 1 is 1.27 bits per heavy atom. The van der Waals surface area contributed by atoms with E-state index in [0.717, 1.165) is 0 Å². The van der Waals surface area contributed by atoms with Crippen LogP contribution in [0.5, 0.6) is 0 Å². The zero-order chi connectivity index (χ0) is 11.3. The van der Waals surface area contributed by atoms with Gasteiger partial charge < -0.3 is 0 Å². The van der Waals surface area contributed by atoms with Crippen molar-refractivity contribution < 1.29 is 4.79 Å². The van der Waals surface area contributed by atoms with Gasteiger partial charge in [-0.05, 0) is 18.1 Å². The second-order valence-electron chi connectivity index (χ2n) is 4.00. The number of nitrogens with zero attached hydrogens (tertiary/aromatic N) is 1. The molecule has 0 radical (unpaired) electrons. The monoisotopic (exact) mass is 203 g/mol. The minimum absolute atomic E-state index is 0.0764. The van der Waals surface area contributed by atoms with E-state index in [-0.39, 0.29) is 11.7 Å². The Balaban J connectivity index is 2.69. The van der Waals surface area contributed by atoms with Crippen molar-refractivity contribution in [2.24, 2.45) is 11.8 Å². The van der Waals surface area contributed by atoms with Crippen LogP contribution >= 0.6 is 0 Å². The summed E-state index contributed by atoms with van der Waals surface area (Å²) in [5.41, 5.74) is 0.540. The van der Waals surface area contributed by atoms with Crippen molar-refractivity contribution in [3.8, 4) is 0 Å². The summed E-state index contributed by atoms with van der Waals surface area (Å²) >= 11 is 0. The fourth-order valence-electron chi connectivity index (χ4n) is 1.22. The zero-order valence-electron chi connectivity index (χ0n) is 9.47. The highest BCUT2D eigenvalue weighted by atomic mass is 16.1. The SMILES string of the molecule is CC(C)/C=C/[C@@H](C)C(=O)c1ccccn1. The highest BCUT2D eigenvalue weighted by molar-refractivity contribution is 5.96. The van der Waals surface area contributed by atoms with Crippen molar-refractivity contribution in [2.45, 2.75) is 20.8 Å². The average Bonchev–Trinajstić information content (AvgIpc) is 2.26. The standard InChI is InChI=1S/C13H17NO/c1-10(2)7-8-11(3)13(15)12-6-4-5-9-14-12/h4-11H,1-3H3/b8-7+/t11-/m1/s1. The molecule has 15 heavy (non-hydrogen) atoms. The molecule has 80 valence electrons. The molecule has 2 heteroatoms. The van der Waals surface area contributed by atoms with Gasteiger partial charge in [0.25, 0.3) is 0 Å². The van der Waals surface area contributed by atoms with Gasteiger partial charge in [0, 0.05) is 12.1 Å². The molecule has 0 aliphatic carbocycles. The molecule has 0 aliphatic rings. The fourth-order valence-corrected chi connectivity index (χ4v) is 1.22. The van der Waals surface area contributed by atoms with Crippen LogP contribution < -0.4 is 0 Å². The first-order chi connectivity index (χ1) is 7.11. The molecule has 0 saturated carbocycles. The molecule has 1 rings (SSSR count). The third-order valence-electron chi connectivity index (χ3n) is 2.12. The Bertz CT molecular complexity index is 341. The summed E-state index contributed by atoms with van der Waals surface area (Å²) in [6.07, 6.45) is 5.64. The van der Waals surface area contributed by atoms with Gasteiger partial charge in [-0.2, -0.15) is 0 Å². The van der Waals surface area contributed by atoms with E-state index in [2.05, 4.69) is 18.8 Å². The van der Waals surface area contributed by atoms with Crippen LogP contribution in [0.3, 0.4) is 0 Å². The Labute approximate surface area is 91.0 Å². The van der Waals surface area contributed by atoms with Gasteiger partial charge in [-0.3, -0.25) is 9.78 Å². The van der Waals surface area contributed by atoms with Crippen LogP contribution in [-0.2, 0) is 0 Å². The van der Waals surface area contributed by atoms with Crippen molar-refractivity contribution in [2.75, 3.05) is 0 Å². The number of carbonyl (C=O) groups is 1. The smallest absolute Gasteiger partial charge is 0.187 e. The van der Waals surface area contributed by atoms with E-state index < -0.39 is 0 Å². The number of aromatic nitrogens is 1. The number of Topliss-reactive ketones (excluding diaryl/α,β-unsaturated/α-hetero) is 1. The maximum absolute atomic E-state index is 11.8. The summed E-state index contributed by atoms with van der Waals surface area (Å²) in [6.45, 7) is 6.08. The van der Waals surface area contributed by atoms with Gasteiger partial charge in [0.05, 0.1) is 0 Å². The van der Waals surface area contributed by atoms with E-state index in [0.29, 0.717) is 11.6 Å². The summed E-state index contributed by atoms with van der Waals surface area (Å²) in [5, 5.41) is 0. The first kappa shape index (κ1) is 11.6. The van der Waals surface area contributed by atoms with Gasteiger partial charge in [-0.25, -0.2) is 0 Å². The Kier molecular flexibility index (Phi) is 4.22. The second kappa shape index (κ2) is 5.44. The average molecular weight is 203 g/mol. The second-order valence-corrected chi connectivity index (χ2v) is 4.00. The number of pyridine rings is 1. The molecule has 1 aromatic rings. The lowest BCUT2D eigenvalue weighted by Gasteiger charge is -2.04. The van der Waals surface area contributed by atoms with E-state index in [9.17, 15) is 4.79 Å². The molecule has 0 aliphatic heterocycles. The molecular weight excluding hydrogens is 186 g/mol. The minimum atomic E-state index is -0.0951. The van der Waals surface area contributed by atoms with Crippen molar-refractivity contribution in [3.05, 3.63) is 42.2 Å². The largest absolute Gasteiger partial charge is 0.292 e. The lowest BCUT2D eigenvalue weighted by molar-refractivity contribution is 0.0948. The zero-order valence-corrected chi connectivity index (χ0v) is 9.47. The third kappa shape index (κ3) is 3.66. The third-order valence-corrected chi connectivity index (χ3v) is 2.12. The first-order valence-corrected chi connectivity index (χ1v) is 5.25. The van der Waals surface area contributed by atoms with Crippen molar-refractivity contribution >= 4 is 5.78 Å². The molecule has 1 atom stereocenters. The van der Waals surface area contributed by atoms with Gasteiger partial charge in [0.15, 0.2) is 5.78 Å². The van der Waals surface area contributed by atoms with Crippen LogP contribution in [0.15, 0.2) is 36.5 Å². The van der Waals surface area contributed by atoms with Gasteiger partial charge in [-0.1, -0.05) is 39.0 Å². The molecule has 0 fully saturated rings. The van der Waals surface area contributed by atoms with Crippen LogP contribution in [0.1, 0.15) is 31.3 Å². The van der Waals surface area contributed by atoms with E-state index in [1.54, 1.807) is 12.3 Å². The Hall–Kier alpha value is -1.44. The highest BCUT2D eigenvalue weighted by Gasteiger charge is 2.12. The molecule has 1 heterocycles. The highest BCUT2D eigenvalue weighted by Crippen LogP contribution is 2.08. The van der Waals surface area contributed by atoms with Crippen molar-refractivity contribution in [1.29, 1.82) is 0 Å². The number of allylic oxidation sites excluding steroid dienone is 2. The predicted octanol–water partition coefficient (Wildman–Crippen LogP) is 3.11. The number of rotatable bonds is 4. The normalized spacial score (nSPS) is 13.3. The van der Waals surface area contributed by atoms with Crippen LogP contribution in [0, 0.1) is 11.8 Å². The Morgan fingerprint density at radius 2 is 2.00 bits per heavy atom. The molecule has 0 unspecified atom stereocenters. The molecule has 0 bridgehead atoms. The molecule has 0 aromatic carbocycles. The van der Waals surface area contributed by atoms with Gasteiger partial charge in [0.2, 0.25) is 0 Å². The molecule has 1 aromatic heterocycles. The van der Waals surface area contributed by atoms with Crippen molar-refractivity contribution in [1.82, 2.24) is 4.98 Å². The van der Waals surface area contributed by atoms with E-state index >= 15 is 0 Å². The van der Waals surface area contributed by atoms with Gasteiger partial charge >= 0.3 is 0 Å². The lowest BCUT2D eigenvalue weighted by atomic mass is 10.0. The fraction of sp³-hybridized carbons (Fsp3) is 0.385. The van der Waals surface area contributed by atoms with Gasteiger partial charge in [0.1, 0.15) is 5.69 Å². The summed E-state index contributed by atoms with van der Waals surface area (Å²) in [4.78, 5) is 15.9. The van der Waals surface area contributed by atoms with Crippen LogP contribution in [0.2, 0.25) is 0 Å². The molecule has 0 N–H and O–H groups in total. The van der Waals surface area contributed by atoms with Crippen LogP contribution in [0.25, 0.3) is 0 Å². The molecule has 0 saturated heterocycles. The number of hydrogen-bond donors (Lipinski definition) is 0. The number of carbonyl (C=O) groups excluding carboxylic acids is 1. The minimum Gasteiger partial charge on any atom is -0.292 e. The molecular formula is C13H17NO. The first-order valence-electron chi connectivity index (χ1n) is 5.25. The van der Waals surface area contributed by atoms with Crippen LogP contribution in [0.4, 0.5) is 0 Å². The number of ketones is 1. The molecule has 0 spiro atoms. The maximum Gasteiger partial charge on any atom is 0.187 e. The van der Waals surface area contributed by atoms with E-state index in [1.807, 2.05) is 31.2 Å². The predicted molar refractivity (Wildman–Crippen MR) is 61.7 cm³/mol. The van der Waals surface area contributed by atoms with E-state index in [1.165, 1.54) is 0 Å². The summed E-state index contributed by atoms with van der Waals surface area (Å²) in [6, 6.07) is 5.40. The molecule has 0 amide bonds. The van der Waals surface area contributed by atoms with Crippen molar-refractivity contribution in [3.63, 3.8) is 0 Å². The maximum atomic E-state index is 11.8. The summed E-state index contributed by atoms with van der Waals surface area (Å²) in [5.74, 6) is 0.457. The van der Waals surface area contributed by atoms with Gasteiger partial charge in [-0.15, -0.1) is 0 Å². The quantitative estimate of drug-likeness (QED) is 0.556.